The Morgan fingerprint density at radius 3 is 1.68 bits per heavy atom. The highest BCUT2D eigenvalue weighted by Gasteiger charge is 2.27. The van der Waals surface area contributed by atoms with Crippen LogP contribution in [0, 0.1) is 5.92 Å². The topological polar surface area (TPSA) is 169 Å². The Morgan fingerprint density at radius 1 is 0.610 bits per heavy atom. The quantitative estimate of drug-likeness (QED) is 0.0152. The molecule has 0 aliphatic rings. The van der Waals surface area contributed by atoms with Gasteiger partial charge in [-0.05, 0) is 50.9 Å². The van der Waals surface area contributed by atoms with Crippen molar-refractivity contribution in [2.75, 3.05) is 26.4 Å². The first-order chi connectivity index (χ1) is 28.5. The average molecular weight is 855 g/mol. The number of hydrogen-bond donors (Lipinski definition) is 4. The van der Waals surface area contributed by atoms with Crippen LogP contribution in [0.2, 0.25) is 0 Å². The molecule has 12 heteroatoms. The fourth-order valence-electron chi connectivity index (χ4n) is 5.84. The van der Waals surface area contributed by atoms with E-state index in [0.29, 0.717) is 25.7 Å². The van der Waals surface area contributed by atoms with Crippen LogP contribution in [0.5, 0.6) is 0 Å². The summed E-state index contributed by atoms with van der Waals surface area (Å²) in [6, 6.07) is 0. The third kappa shape index (κ3) is 40.8. The van der Waals surface area contributed by atoms with Crippen LogP contribution in [0.3, 0.4) is 0 Å². The lowest BCUT2D eigenvalue weighted by Crippen LogP contribution is -2.29. The van der Waals surface area contributed by atoms with Gasteiger partial charge in [0.15, 0.2) is 6.10 Å². The van der Waals surface area contributed by atoms with Gasteiger partial charge in [-0.3, -0.25) is 18.6 Å². The standard InChI is InChI=1S/C47H83O11P/c1-4-42(3)34-30-26-22-18-14-10-6-8-13-17-21-25-29-33-37-47(52)58-45(41-57-59(53,54)56-39-44(50)38-48)40-55-46(51)36-32-28-24-20-16-12-9-7-11-15-19-23-27-31-35-43(49)5-2/h9,11-12,15,20,23-24,27,31,35,42-45,48-50H,4-8,10,13-14,16-19,21-22,25-26,28-30,32-34,36-41H2,1-3H3,(H,53,54)/b12-9-,15-11-,24-20-,27-23-,35-31+/t42?,43-,44-,45+/m0/s1. The molecule has 0 aromatic heterocycles. The van der Waals surface area contributed by atoms with Gasteiger partial charge < -0.3 is 29.7 Å². The Morgan fingerprint density at radius 2 is 1.12 bits per heavy atom. The molecule has 0 bridgehead atoms. The van der Waals surface area contributed by atoms with E-state index in [2.05, 4.69) is 42.7 Å². The van der Waals surface area contributed by atoms with Crippen LogP contribution < -0.4 is 0 Å². The summed E-state index contributed by atoms with van der Waals surface area (Å²) in [6.45, 7) is 4.35. The van der Waals surface area contributed by atoms with E-state index in [0.717, 1.165) is 44.4 Å². The van der Waals surface area contributed by atoms with Crippen molar-refractivity contribution >= 4 is 19.8 Å². The van der Waals surface area contributed by atoms with Crippen LogP contribution in [-0.4, -0.2) is 76.9 Å². The van der Waals surface area contributed by atoms with Crippen LogP contribution >= 0.6 is 7.82 Å². The predicted octanol–water partition coefficient (Wildman–Crippen LogP) is 11.1. The van der Waals surface area contributed by atoms with Gasteiger partial charge in [-0.2, -0.15) is 0 Å². The maximum absolute atomic E-state index is 12.6. The van der Waals surface area contributed by atoms with E-state index in [1.54, 1.807) is 6.08 Å². The number of allylic oxidation sites excluding steroid dienone is 9. The first-order valence-corrected chi connectivity index (χ1v) is 24.2. The van der Waals surface area contributed by atoms with Crippen molar-refractivity contribution in [1.29, 1.82) is 0 Å². The fourth-order valence-corrected chi connectivity index (χ4v) is 6.63. The number of aliphatic hydroxyl groups is 3. The second-order valence-corrected chi connectivity index (χ2v) is 16.9. The number of ether oxygens (including phenoxy) is 2. The molecule has 0 spiro atoms. The van der Waals surface area contributed by atoms with Crippen molar-refractivity contribution in [3.63, 3.8) is 0 Å². The van der Waals surface area contributed by atoms with Crippen LogP contribution in [0.15, 0.2) is 60.8 Å². The Bertz CT molecular complexity index is 1200. The maximum Gasteiger partial charge on any atom is 0.472 e. The van der Waals surface area contributed by atoms with Crippen molar-refractivity contribution in [2.45, 2.75) is 193 Å². The molecule has 11 nitrogen and oxygen atoms in total. The fraction of sp³-hybridized carbons (Fsp3) is 0.745. The highest BCUT2D eigenvalue weighted by Crippen LogP contribution is 2.43. The lowest BCUT2D eigenvalue weighted by atomic mass is 9.99. The SMILES string of the molecule is CCC(C)CCCCCCCCCCCCCCCCC(=O)O[C@H](COC(=O)CCC/C=C\C/C=C\C/C=C\C/C=C\C=C\[C@@H](O)CC)COP(=O)(O)OC[C@@H](O)CO. The van der Waals surface area contributed by atoms with Crippen LogP contribution in [0.4, 0.5) is 0 Å². The molecule has 0 aliphatic carbocycles. The predicted molar refractivity (Wildman–Crippen MR) is 239 cm³/mol. The number of esters is 2. The Labute approximate surface area is 358 Å². The largest absolute Gasteiger partial charge is 0.472 e. The number of carbonyl (C=O) groups excluding carboxylic acids is 2. The van der Waals surface area contributed by atoms with Crippen LogP contribution in [0.25, 0.3) is 0 Å². The molecule has 4 N–H and O–H groups in total. The van der Waals surface area contributed by atoms with E-state index in [1.807, 2.05) is 37.3 Å². The molecule has 0 aromatic rings. The molecule has 0 rings (SSSR count). The Hall–Kier alpha value is -2.37. The van der Waals surface area contributed by atoms with Gasteiger partial charge in [0.05, 0.1) is 25.9 Å². The van der Waals surface area contributed by atoms with E-state index in [4.69, 9.17) is 19.1 Å². The Balaban J connectivity index is 4.37. The summed E-state index contributed by atoms with van der Waals surface area (Å²) >= 11 is 0. The number of phosphoric ester groups is 1. The number of phosphoric acid groups is 1. The van der Waals surface area contributed by atoms with E-state index >= 15 is 0 Å². The van der Waals surface area contributed by atoms with Gasteiger partial charge in [-0.25, -0.2) is 4.57 Å². The summed E-state index contributed by atoms with van der Waals surface area (Å²) in [5.41, 5.74) is 0. The summed E-state index contributed by atoms with van der Waals surface area (Å²) in [6.07, 6.45) is 41.4. The molecule has 0 aliphatic heterocycles. The molecule has 59 heavy (non-hydrogen) atoms. The second kappa shape index (κ2) is 41.0. The molecule has 0 fully saturated rings. The van der Waals surface area contributed by atoms with E-state index < -0.39 is 51.8 Å². The second-order valence-electron chi connectivity index (χ2n) is 15.5. The molecule has 5 atom stereocenters. The zero-order valence-electron chi connectivity index (χ0n) is 37.0. The van der Waals surface area contributed by atoms with Crippen LogP contribution in [0.1, 0.15) is 175 Å². The van der Waals surface area contributed by atoms with Crippen molar-refractivity contribution in [3.8, 4) is 0 Å². The van der Waals surface area contributed by atoms with Gasteiger partial charge in [-0.1, -0.05) is 178 Å². The van der Waals surface area contributed by atoms with E-state index in [1.165, 1.54) is 77.0 Å². The summed E-state index contributed by atoms with van der Waals surface area (Å²) < 4.78 is 32.7. The first-order valence-electron chi connectivity index (χ1n) is 22.7. The van der Waals surface area contributed by atoms with Gasteiger partial charge in [0.2, 0.25) is 0 Å². The molecule has 0 saturated heterocycles. The summed E-state index contributed by atoms with van der Waals surface area (Å²) in [7, 11) is -4.64. The molecule has 0 amide bonds. The number of rotatable bonds is 41. The highest BCUT2D eigenvalue weighted by molar-refractivity contribution is 7.47. The lowest BCUT2D eigenvalue weighted by Gasteiger charge is -2.20. The minimum atomic E-state index is -4.64. The van der Waals surface area contributed by atoms with Crippen molar-refractivity contribution in [2.24, 2.45) is 5.92 Å². The number of hydrogen-bond acceptors (Lipinski definition) is 10. The minimum absolute atomic E-state index is 0.148. The van der Waals surface area contributed by atoms with E-state index in [9.17, 15) is 29.3 Å². The molecule has 342 valence electrons. The molecule has 2 unspecified atom stereocenters. The highest BCUT2D eigenvalue weighted by atomic mass is 31.2. The zero-order chi connectivity index (χ0) is 43.7. The van der Waals surface area contributed by atoms with Gasteiger partial charge >= 0.3 is 19.8 Å². The molecular formula is C47H83O11P. The summed E-state index contributed by atoms with van der Waals surface area (Å²) in [5, 5.41) is 27.8. The monoisotopic (exact) mass is 855 g/mol. The van der Waals surface area contributed by atoms with Gasteiger partial charge in [-0.15, -0.1) is 0 Å². The number of carbonyl (C=O) groups is 2. The Kier molecular flexibility index (Phi) is 39.4. The van der Waals surface area contributed by atoms with Crippen molar-refractivity contribution < 1.29 is 52.9 Å². The summed E-state index contributed by atoms with van der Waals surface area (Å²) in [5.74, 6) is -0.146. The minimum Gasteiger partial charge on any atom is -0.462 e. The zero-order valence-corrected chi connectivity index (χ0v) is 37.9. The van der Waals surface area contributed by atoms with Crippen molar-refractivity contribution in [3.05, 3.63) is 60.8 Å². The van der Waals surface area contributed by atoms with E-state index in [-0.39, 0.29) is 25.6 Å². The third-order valence-corrected chi connectivity index (χ3v) is 10.8. The molecule has 0 heterocycles. The average Bonchev–Trinajstić information content (AvgIpc) is 3.23. The van der Waals surface area contributed by atoms with Crippen LogP contribution in [-0.2, 0) is 32.7 Å². The van der Waals surface area contributed by atoms with Crippen molar-refractivity contribution in [1.82, 2.24) is 0 Å². The molecular weight excluding hydrogens is 771 g/mol. The first kappa shape index (κ1) is 56.6. The number of unbranched alkanes of at least 4 members (excludes halogenated alkanes) is 14. The summed E-state index contributed by atoms with van der Waals surface area (Å²) in [4.78, 5) is 35.0. The normalized spacial score (nSPS) is 15.4. The van der Waals surface area contributed by atoms with Gasteiger partial charge in [0.1, 0.15) is 12.7 Å². The lowest BCUT2D eigenvalue weighted by molar-refractivity contribution is -0.161. The number of aliphatic hydroxyl groups excluding tert-OH is 3. The maximum atomic E-state index is 12.6. The molecule has 0 radical (unpaired) electrons. The molecule has 0 saturated carbocycles. The smallest absolute Gasteiger partial charge is 0.462 e. The molecule has 0 aromatic carbocycles. The van der Waals surface area contributed by atoms with Gasteiger partial charge in [0, 0.05) is 12.8 Å². The third-order valence-electron chi connectivity index (χ3n) is 9.88. The van der Waals surface area contributed by atoms with Gasteiger partial charge in [0.25, 0.3) is 0 Å².